The molecule has 0 fully saturated rings. The van der Waals surface area contributed by atoms with Crippen LogP contribution in [0.3, 0.4) is 0 Å². The van der Waals surface area contributed by atoms with Crippen molar-refractivity contribution in [3.63, 3.8) is 0 Å². The Morgan fingerprint density at radius 3 is 2.71 bits per heavy atom. The van der Waals surface area contributed by atoms with E-state index in [1.165, 1.54) is 6.08 Å². The van der Waals surface area contributed by atoms with Crippen molar-refractivity contribution < 1.29 is 14.3 Å². The molecule has 1 aliphatic rings. The molecule has 10 heteroatoms. The first-order valence-electron chi connectivity index (χ1n) is 14.0. The average molecular weight is 570 g/mol. The highest BCUT2D eigenvalue weighted by Gasteiger charge is 2.26. The third kappa shape index (κ3) is 6.03. The van der Waals surface area contributed by atoms with E-state index in [2.05, 4.69) is 68.7 Å². The Hall–Kier alpha value is -4.57. The first-order chi connectivity index (χ1) is 20.1. The van der Waals surface area contributed by atoms with Gasteiger partial charge in [-0.1, -0.05) is 6.58 Å². The summed E-state index contributed by atoms with van der Waals surface area (Å²) < 4.78 is 14.4. The second-order valence-electron chi connectivity index (χ2n) is 11.4. The van der Waals surface area contributed by atoms with Gasteiger partial charge in [0, 0.05) is 62.5 Å². The Labute approximate surface area is 247 Å². The number of nitrogens with zero attached hydrogens (tertiary/aromatic N) is 5. The smallest absolute Gasteiger partial charge is 0.247 e. The van der Waals surface area contributed by atoms with Gasteiger partial charge in [-0.25, -0.2) is 9.97 Å². The van der Waals surface area contributed by atoms with Crippen molar-refractivity contribution >= 4 is 39.8 Å². The molecular formula is C32H39N7O3. The van der Waals surface area contributed by atoms with Crippen molar-refractivity contribution in [1.82, 2.24) is 19.4 Å². The number of aromatic nitrogens is 3. The van der Waals surface area contributed by atoms with E-state index in [9.17, 15) is 4.79 Å². The molecule has 0 radical (unpaired) electrons. The van der Waals surface area contributed by atoms with Gasteiger partial charge in [-0.15, -0.1) is 0 Å². The number of hydrogen-bond acceptors (Lipinski definition) is 8. The number of rotatable bonds is 10. The van der Waals surface area contributed by atoms with E-state index in [1.54, 1.807) is 13.3 Å². The van der Waals surface area contributed by atoms with Crippen molar-refractivity contribution in [3.05, 3.63) is 61.4 Å². The summed E-state index contributed by atoms with van der Waals surface area (Å²) in [4.78, 5) is 25.9. The maximum Gasteiger partial charge on any atom is 0.247 e. The van der Waals surface area contributed by atoms with Crippen molar-refractivity contribution in [2.75, 3.05) is 56.9 Å². The van der Waals surface area contributed by atoms with Crippen LogP contribution < -0.4 is 25.0 Å². The molecule has 1 amide bonds. The van der Waals surface area contributed by atoms with Crippen LogP contribution in [0.5, 0.6) is 11.5 Å². The topological polar surface area (TPSA) is 96.8 Å². The monoisotopic (exact) mass is 569 g/mol. The van der Waals surface area contributed by atoms with Gasteiger partial charge in [0.15, 0.2) is 0 Å². The first kappa shape index (κ1) is 28.9. The molecule has 4 aromatic rings. The zero-order chi connectivity index (χ0) is 30.0. The zero-order valence-electron chi connectivity index (χ0n) is 25.2. The van der Waals surface area contributed by atoms with Gasteiger partial charge in [-0.2, -0.15) is 0 Å². The normalized spacial score (nSPS) is 13.8. The molecule has 1 aliphatic heterocycles. The summed E-state index contributed by atoms with van der Waals surface area (Å²) in [5.41, 5.74) is 4.66. The number of methoxy groups -OCH3 is 1. The lowest BCUT2D eigenvalue weighted by molar-refractivity contribution is -0.111. The molecule has 0 unspecified atom stereocenters. The van der Waals surface area contributed by atoms with Gasteiger partial charge in [0.05, 0.1) is 35.4 Å². The Balaban J connectivity index is 1.50. The molecule has 0 saturated carbocycles. The number of ether oxygens (including phenoxy) is 2. The minimum Gasteiger partial charge on any atom is -0.494 e. The van der Waals surface area contributed by atoms with Gasteiger partial charge in [0.25, 0.3) is 0 Å². The molecule has 0 atom stereocenters. The van der Waals surface area contributed by atoms with Crippen LogP contribution in [0.1, 0.15) is 20.3 Å². The lowest BCUT2D eigenvalue weighted by atomic mass is 10.0. The second-order valence-corrected chi connectivity index (χ2v) is 11.4. The number of aryl methyl sites for hydroxylation is 1. The van der Waals surface area contributed by atoms with Crippen LogP contribution in [-0.2, 0) is 11.3 Å². The molecule has 0 aliphatic carbocycles. The number of amides is 1. The van der Waals surface area contributed by atoms with Crippen LogP contribution in [0, 0.1) is 0 Å². The van der Waals surface area contributed by atoms with Gasteiger partial charge in [-0.05, 0) is 64.4 Å². The third-order valence-electron chi connectivity index (χ3n) is 7.46. The highest BCUT2D eigenvalue weighted by Crippen LogP contribution is 2.40. The summed E-state index contributed by atoms with van der Waals surface area (Å²) >= 11 is 0. The molecule has 3 heterocycles. The third-order valence-corrected chi connectivity index (χ3v) is 7.46. The predicted octanol–water partition coefficient (Wildman–Crippen LogP) is 5.53. The predicted molar refractivity (Wildman–Crippen MR) is 169 cm³/mol. The van der Waals surface area contributed by atoms with Crippen LogP contribution in [0.15, 0.2) is 61.4 Å². The number of carbonyl (C=O) groups is 1. The Morgan fingerprint density at radius 1 is 1.17 bits per heavy atom. The highest BCUT2D eigenvalue weighted by molar-refractivity contribution is 6.02. The Bertz CT molecular complexity index is 1630. The zero-order valence-corrected chi connectivity index (χ0v) is 25.2. The van der Waals surface area contributed by atoms with E-state index in [4.69, 9.17) is 14.5 Å². The van der Waals surface area contributed by atoms with E-state index in [0.29, 0.717) is 23.1 Å². The van der Waals surface area contributed by atoms with E-state index in [0.717, 1.165) is 59.7 Å². The largest absolute Gasteiger partial charge is 0.494 e. The van der Waals surface area contributed by atoms with Gasteiger partial charge in [0.2, 0.25) is 11.9 Å². The molecule has 0 spiro atoms. The molecule has 2 aromatic heterocycles. The molecule has 42 heavy (non-hydrogen) atoms. The highest BCUT2D eigenvalue weighted by atomic mass is 16.5. The van der Waals surface area contributed by atoms with Crippen LogP contribution in [-0.4, -0.2) is 72.3 Å². The number of carbonyl (C=O) groups excluding carboxylic acids is 1. The van der Waals surface area contributed by atoms with Gasteiger partial charge < -0.3 is 34.5 Å². The summed E-state index contributed by atoms with van der Waals surface area (Å²) in [6.07, 6.45) is 6.02. The number of benzene rings is 2. The summed E-state index contributed by atoms with van der Waals surface area (Å²) in [7, 11) is 7.64. The number of nitrogens with one attached hydrogen (secondary N) is 2. The van der Waals surface area contributed by atoms with Crippen molar-refractivity contribution in [1.29, 1.82) is 0 Å². The number of anilines is 4. The first-order valence-corrected chi connectivity index (χ1v) is 14.0. The summed E-state index contributed by atoms with van der Waals surface area (Å²) in [5.74, 6) is 1.57. The van der Waals surface area contributed by atoms with Gasteiger partial charge in [-0.3, -0.25) is 4.79 Å². The van der Waals surface area contributed by atoms with Crippen LogP contribution in [0.25, 0.3) is 22.2 Å². The van der Waals surface area contributed by atoms with Crippen molar-refractivity contribution in [3.8, 4) is 22.8 Å². The average Bonchev–Trinajstić information content (AvgIpc) is 3.34. The Morgan fingerprint density at radius 2 is 1.98 bits per heavy atom. The fourth-order valence-electron chi connectivity index (χ4n) is 5.12. The molecule has 220 valence electrons. The van der Waals surface area contributed by atoms with E-state index < -0.39 is 0 Å². The summed E-state index contributed by atoms with van der Waals surface area (Å²) in [5, 5.41) is 7.31. The van der Waals surface area contributed by atoms with Crippen molar-refractivity contribution in [2.45, 2.75) is 32.4 Å². The van der Waals surface area contributed by atoms with Gasteiger partial charge >= 0.3 is 0 Å². The van der Waals surface area contributed by atoms with Crippen LogP contribution in [0.2, 0.25) is 0 Å². The molecular weight excluding hydrogens is 530 g/mol. The lowest BCUT2D eigenvalue weighted by Gasteiger charge is -2.26. The molecule has 2 aromatic carbocycles. The maximum absolute atomic E-state index is 12.3. The SMILES string of the molecule is C=CC(=O)Nc1cc(Nc2nccc(-c3ccc4c5c3ccn5CCC(C)(C)O4)n2)c(OC)cc1N(C)CCN(C)C. The molecule has 10 nitrogen and oxygen atoms in total. The fraction of sp³-hybridized carbons (Fsp3) is 0.344. The summed E-state index contributed by atoms with van der Waals surface area (Å²) in [6, 6.07) is 11.8. The quantitative estimate of drug-likeness (QED) is 0.241. The number of likely N-dealkylation sites (N-methyl/N-ethyl adjacent to an activating group) is 2. The van der Waals surface area contributed by atoms with E-state index >= 15 is 0 Å². The minimum absolute atomic E-state index is 0.237. The standard InChI is InChI=1S/C32H39N7O3/c1-8-29(40)34-24-19-25(28(41-7)20-26(24)38(6)18-17-37(4)5)36-31-33-14-11-23(35-31)21-9-10-27-30-22(21)12-15-39(30)16-13-32(2,3)42-27/h8-12,14-15,19-20H,1,13,16-18H2,2-7H3,(H,34,40)(H,33,35,36). The summed E-state index contributed by atoms with van der Waals surface area (Å²) in [6.45, 7) is 10.3. The molecule has 2 N–H and O–H groups in total. The van der Waals surface area contributed by atoms with Crippen molar-refractivity contribution in [2.24, 2.45) is 0 Å². The number of hydrogen-bond donors (Lipinski definition) is 2. The van der Waals surface area contributed by atoms with E-state index in [-0.39, 0.29) is 11.5 Å². The molecule has 0 saturated heterocycles. The second kappa shape index (κ2) is 11.7. The maximum atomic E-state index is 12.3. The van der Waals surface area contributed by atoms with E-state index in [1.807, 2.05) is 45.4 Å². The Kier molecular flexibility index (Phi) is 8.08. The van der Waals surface area contributed by atoms with Crippen LogP contribution >= 0.6 is 0 Å². The minimum atomic E-state index is -0.303. The fourth-order valence-corrected chi connectivity index (χ4v) is 5.12. The molecule has 0 bridgehead atoms. The molecule has 5 rings (SSSR count). The van der Waals surface area contributed by atoms with Crippen LogP contribution in [0.4, 0.5) is 23.0 Å². The lowest BCUT2D eigenvalue weighted by Crippen LogP contribution is -2.29. The van der Waals surface area contributed by atoms with Gasteiger partial charge in [0.1, 0.15) is 17.1 Å².